The fraction of sp³-hybridized carbons (Fsp3) is 0.345. The lowest BCUT2D eigenvalue weighted by Gasteiger charge is -2.27. The molecule has 2 N–H and O–H groups in total. The molecule has 4 rings (SSSR count). The van der Waals surface area contributed by atoms with Crippen LogP contribution in [0.4, 0.5) is 0 Å². The summed E-state index contributed by atoms with van der Waals surface area (Å²) in [7, 11) is 1.68. The summed E-state index contributed by atoms with van der Waals surface area (Å²) in [5, 5.41) is 22.8. The molecule has 1 heterocycles. The Labute approximate surface area is 205 Å². The van der Waals surface area contributed by atoms with E-state index in [1.165, 1.54) is 16.2 Å². The summed E-state index contributed by atoms with van der Waals surface area (Å²) in [4.78, 5) is 23.1. The first-order valence-electron chi connectivity index (χ1n) is 12.1. The molecule has 0 spiro atoms. The number of hydrogen-bond donors (Lipinski definition) is 2. The predicted octanol–water partition coefficient (Wildman–Crippen LogP) is 5.45. The average Bonchev–Trinajstić information content (AvgIpc) is 2.87. The number of aliphatic carboxylic acids is 1. The van der Waals surface area contributed by atoms with Gasteiger partial charge in [-0.2, -0.15) is 0 Å². The van der Waals surface area contributed by atoms with E-state index in [0.29, 0.717) is 23.6 Å². The molecule has 1 fully saturated rings. The lowest BCUT2D eigenvalue weighted by molar-refractivity contribution is -0.142. The van der Waals surface area contributed by atoms with Gasteiger partial charge in [-0.15, -0.1) is 0 Å². The molecule has 1 aliphatic rings. The van der Waals surface area contributed by atoms with Crippen LogP contribution in [0.2, 0.25) is 0 Å². The Morgan fingerprint density at radius 3 is 2.31 bits per heavy atom. The Balaban J connectivity index is 1.62. The number of carbonyl (C=O) groups is 1. The van der Waals surface area contributed by atoms with Crippen molar-refractivity contribution >= 4 is 11.7 Å². The van der Waals surface area contributed by atoms with Crippen molar-refractivity contribution in [2.45, 2.75) is 50.9 Å². The van der Waals surface area contributed by atoms with Gasteiger partial charge in [0, 0.05) is 37.2 Å². The molecule has 1 unspecified atom stereocenters. The Morgan fingerprint density at radius 2 is 1.71 bits per heavy atom. The van der Waals surface area contributed by atoms with Crippen LogP contribution >= 0.6 is 0 Å². The first kappa shape index (κ1) is 24.5. The summed E-state index contributed by atoms with van der Waals surface area (Å²) in [6.07, 6.45) is 5.41. The molecular weight excluding hydrogens is 440 g/mol. The van der Waals surface area contributed by atoms with Crippen LogP contribution in [0.5, 0.6) is 0 Å². The van der Waals surface area contributed by atoms with Crippen LogP contribution in [0.25, 0.3) is 0 Å². The van der Waals surface area contributed by atoms with Crippen molar-refractivity contribution in [3.05, 3.63) is 105 Å². The average molecular weight is 473 g/mol. The largest absolute Gasteiger partial charge is 0.481 e. The third-order valence-electron chi connectivity index (χ3n) is 7.39. The van der Waals surface area contributed by atoms with E-state index in [1.807, 2.05) is 12.1 Å². The van der Waals surface area contributed by atoms with Crippen molar-refractivity contribution in [1.29, 1.82) is 0 Å². The van der Waals surface area contributed by atoms with Crippen molar-refractivity contribution in [2.75, 3.05) is 0 Å². The van der Waals surface area contributed by atoms with E-state index in [-0.39, 0.29) is 17.4 Å². The van der Waals surface area contributed by atoms with Gasteiger partial charge >= 0.3 is 5.97 Å². The van der Waals surface area contributed by atoms with Gasteiger partial charge < -0.3 is 14.9 Å². The Morgan fingerprint density at radius 1 is 1.03 bits per heavy atom. The van der Waals surface area contributed by atoms with E-state index in [4.69, 9.17) is 0 Å². The molecule has 0 amide bonds. The van der Waals surface area contributed by atoms with Gasteiger partial charge in [-0.1, -0.05) is 53.7 Å². The molecule has 6 heteroatoms. The van der Waals surface area contributed by atoms with Gasteiger partial charge in [-0.25, -0.2) is 0 Å². The summed E-state index contributed by atoms with van der Waals surface area (Å²) in [5.74, 6) is -0.544. The molecule has 35 heavy (non-hydrogen) atoms. The van der Waals surface area contributed by atoms with Crippen molar-refractivity contribution in [2.24, 2.45) is 18.1 Å². The standard InChI is InChI=1S/C29H32N2O4/c1-19-5-3-4-6-25(19)26(17-27(30-35)24-15-16-28(32)31(2)18-24)22-11-7-20(8-12-22)21-9-13-23(14-10-21)29(33)34/h3-8,11-12,15-16,18,21,23,26,35H,9-10,13-14,17H2,1-2H3,(H,33,34)/b30-27-/t21-,23+,26?. The van der Waals surface area contributed by atoms with Gasteiger partial charge in [0.2, 0.25) is 5.56 Å². The number of rotatable bonds is 7. The maximum absolute atomic E-state index is 11.8. The number of aromatic nitrogens is 1. The topological polar surface area (TPSA) is 91.9 Å². The highest BCUT2D eigenvalue weighted by atomic mass is 16.4. The lowest BCUT2D eigenvalue weighted by atomic mass is 9.78. The van der Waals surface area contributed by atoms with E-state index in [0.717, 1.165) is 42.4 Å². The second-order valence-corrected chi connectivity index (χ2v) is 9.58. The van der Waals surface area contributed by atoms with E-state index in [2.05, 4.69) is 48.5 Å². The smallest absolute Gasteiger partial charge is 0.306 e. The van der Waals surface area contributed by atoms with Crippen molar-refractivity contribution in [3.63, 3.8) is 0 Å². The highest BCUT2D eigenvalue weighted by molar-refractivity contribution is 6.00. The van der Waals surface area contributed by atoms with Crippen LogP contribution in [0.1, 0.15) is 71.8 Å². The number of nitrogens with zero attached hydrogens (tertiary/aromatic N) is 2. The molecule has 0 saturated heterocycles. The fourth-order valence-electron chi connectivity index (χ4n) is 5.23. The molecule has 0 radical (unpaired) electrons. The highest BCUT2D eigenvalue weighted by Gasteiger charge is 2.27. The van der Waals surface area contributed by atoms with Gasteiger partial charge in [-0.05, 0) is 66.8 Å². The van der Waals surface area contributed by atoms with Crippen LogP contribution < -0.4 is 5.56 Å². The molecule has 0 aliphatic heterocycles. The SMILES string of the molecule is Cc1ccccc1C(C/C(=N/O)c1ccc(=O)n(C)c1)c1ccc([C@H]2CC[C@@H](C(=O)O)CC2)cc1. The Hall–Kier alpha value is -3.67. The quantitative estimate of drug-likeness (QED) is 0.272. The van der Waals surface area contributed by atoms with E-state index >= 15 is 0 Å². The minimum Gasteiger partial charge on any atom is -0.481 e. The minimum atomic E-state index is -0.681. The van der Waals surface area contributed by atoms with Gasteiger partial charge in [0.1, 0.15) is 0 Å². The maximum Gasteiger partial charge on any atom is 0.306 e. The number of hydrogen-bond acceptors (Lipinski definition) is 4. The number of carboxylic acid groups (broad SMARTS) is 1. The van der Waals surface area contributed by atoms with Crippen molar-refractivity contribution in [1.82, 2.24) is 4.57 Å². The summed E-state index contributed by atoms with van der Waals surface area (Å²) in [6, 6.07) is 20.0. The number of aryl methyl sites for hydroxylation is 2. The molecule has 3 aromatic rings. The molecule has 182 valence electrons. The van der Waals surface area contributed by atoms with Crippen LogP contribution in [-0.4, -0.2) is 26.6 Å². The van der Waals surface area contributed by atoms with Crippen LogP contribution in [0.3, 0.4) is 0 Å². The van der Waals surface area contributed by atoms with Crippen LogP contribution in [0.15, 0.2) is 76.8 Å². The summed E-state index contributed by atoms with van der Waals surface area (Å²) < 4.78 is 1.48. The maximum atomic E-state index is 11.8. The minimum absolute atomic E-state index is 0.0314. The Bertz CT molecular complexity index is 1270. The van der Waals surface area contributed by atoms with Gasteiger partial charge in [0.25, 0.3) is 0 Å². The zero-order valence-corrected chi connectivity index (χ0v) is 20.2. The number of oxime groups is 1. The first-order chi connectivity index (χ1) is 16.9. The zero-order chi connectivity index (χ0) is 24.9. The summed E-state index contributed by atoms with van der Waals surface area (Å²) in [5.41, 5.74) is 5.79. The lowest BCUT2D eigenvalue weighted by Crippen LogP contribution is -2.20. The molecule has 2 aromatic carbocycles. The fourth-order valence-corrected chi connectivity index (χ4v) is 5.23. The molecule has 0 bridgehead atoms. The van der Waals surface area contributed by atoms with Gasteiger partial charge in [0.15, 0.2) is 0 Å². The Kier molecular flexibility index (Phi) is 7.49. The first-order valence-corrected chi connectivity index (χ1v) is 12.1. The molecule has 1 aliphatic carbocycles. The van der Waals surface area contributed by atoms with Crippen LogP contribution in [0, 0.1) is 12.8 Å². The normalized spacial score (nSPS) is 19.3. The van der Waals surface area contributed by atoms with Gasteiger partial charge in [0.05, 0.1) is 11.6 Å². The molecule has 1 aromatic heterocycles. The number of carboxylic acids is 1. The van der Waals surface area contributed by atoms with E-state index in [1.54, 1.807) is 19.3 Å². The summed E-state index contributed by atoms with van der Waals surface area (Å²) in [6.45, 7) is 2.08. The number of benzene rings is 2. The molecule has 1 saturated carbocycles. The van der Waals surface area contributed by atoms with Crippen molar-refractivity contribution in [3.8, 4) is 0 Å². The zero-order valence-electron chi connectivity index (χ0n) is 20.2. The third-order valence-corrected chi connectivity index (χ3v) is 7.39. The molecular formula is C29H32N2O4. The van der Waals surface area contributed by atoms with Crippen LogP contribution in [-0.2, 0) is 11.8 Å². The second-order valence-electron chi connectivity index (χ2n) is 9.58. The predicted molar refractivity (Wildman–Crippen MR) is 136 cm³/mol. The molecule has 6 nitrogen and oxygen atoms in total. The van der Waals surface area contributed by atoms with Gasteiger partial charge in [-0.3, -0.25) is 9.59 Å². The molecule has 1 atom stereocenters. The van der Waals surface area contributed by atoms with E-state index < -0.39 is 5.97 Å². The third kappa shape index (κ3) is 5.53. The van der Waals surface area contributed by atoms with Crippen molar-refractivity contribution < 1.29 is 15.1 Å². The highest BCUT2D eigenvalue weighted by Crippen LogP contribution is 2.37. The number of pyridine rings is 1. The second kappa shape index (κ2) is 10.7. The van der Waals surface area contributed by atoms with E-state index in [9.17, 15) is 19.9 Å². The summed E-state index contributed by atoms with van der Waals surface area (Å²) >= 11 is 0. The monoisotopic (exact) mass is 472 g/mol.